The van der Waals surface area contributed by atoms with Crippen molar-refractivity contribution >= 4 is 11.3 Å². The fraction of sp³-hybridized carbons (Fsp3) is 0.400. The van der Waals surface area contributed by atoms with Gasteiger partial charge in [-0.05, 0) is 43.8 Å². The lowest BCUT2D eigenvalue weighted by atomic mass is 10.0. The summed E-state index contributed by atoms with van der Waals surface area (Å²) in [5.74, 6) is 2.89. The molecule has 0 amide bonds. The van der Waals surface area contributed by atoms with Gasteiger partial charge in [0, 0.05) is 17.7 Å². The van der Waals surface area contributed by atoms with Gasteiger partial charge in [0.1, 0.15) is 11.5 Å². The molecular weight excluding hydrogens is 362 g/mol. The van der Waals surface area contributed by atoms with Crippen LogP contribution in [0.1, 0.15) is 43.3 Å². The summed E-state index contributed by atoms with van der Waals surface area (Å²) in [4.78, 5) is 3.41. The van der Waals surface area contributed by atoms with Crippen molar-refractivity contribution in [3.05, 3.63) is 47.2 Å². The van der Waals surface area contributed by atoms with Gasteiger partial charge in [-0.2, -0.15) is 0 Å². The van der Waals surface area contributed by atoms with E-state index in [0.717, 1.165) is 35.8 Å². The van der Waals surface area contributed by atoms with Gasteiger partial charge in [-0.25, -0.2) is 0 Å². The van der Waals surface area contributed by atoms with Gasteiger partial charge in [0.15, 0.2) is 0 Å². The number of likely N-dealkylation sites (tertiary alicyclic amines) is 1. The van der Waals surface area contributed by atoms with Crippen molar-refractivity contribution in [1.82, 2.24) is 15.1 Å². The normalized spacial score (nSPS) is 18.6. The number of nitrogens with zero attached hydrogens (tertiary/aromatic N) is 3. The first-order chi connectivity index (χ1) is 13.2. The molecular formula is C20H23N3O3S. The Morgan fingerprint density at radius 3 is 2.85 bits per heavy atom. The molecule has 0 aliphatic carbocycles. The zero-order chi connectivity index (χ0) is 18.8. The number of benzene rings is 1. The maximum Gasteiger partial charge on any atom is 0.257 e. The van der Waals surface area contributed by atoms with Gasteiger partial charge in [0.05, 0.1) is 25.1 Å². The van der Waals surface area contributed by atoms with Gasteiger partial charge in [-0.15, -0.1) is 21.5 Å². The highest BCUT2D eigenvalue weighted by Gasteiger charge is 2.34. The fourth-order valence-corrected chi connectivity index (χ4v) is 4.37. The number of thiophene rings is 1. The Balaban J connectivity index is 1.60. The summed E-state index contributed by atoms with van der Waals surface area (Å²) < 4.78 is 16.9. The second kappa shape index (κ2) is 7.70. The fourth-order valence-electron chi connectivity index (χ4n) is 3.73. The van der Waals surface area contributed by atoms with Crippen LogP contribution in [-0.2, 0) is 0 Å². The number of ether oxygens (including phenoxy) is 2. The van der Waals surface area contributed by atoms with E-state index in [1.807, 2.05) is 29.6 Å². The molecule has 1 aliphatic rings. The van der Waals surface area contributed by atoms with Crippen molar-refractivity contribution in [3.63, 3.8) is 0 Å². The van der Waals surface area contributed by atoms with E-state index in [1.54, 1.807) is 25.6 Å². The molecule has 1 saturated heterocycles. The number of aromatic nitrogens is 2. The second-order valence-corrected chi connectivity index (χ2v) is 7.55. The topological polar surface area (TPSA) is 60.6 Å². The van der Waals surface area contributed by atoms with Crippen LogP contribution in [0, 0.1) is 0 Å². The van der Waals surface area contributed by atoms with Gasteiger partial charge in [-0.1, -0.05) is 12.1 Å². The largest absolute Gasteiger partial charge is 0.497 e. The van der Waals surface area contributed by atoms with Crippen LogP contribution in [-0.4, -0.2) is 35.9 Å². The van der Waals surface area contributed by atoms with E-state index in [9.17, 15) is 0 Å². The smallest absolute Gasteiger partial charge is 0.257 e. The highest BCUT2D eigenvalue weighted by atomic mass is 32.1. The molecule has 0 N–H and O–H groups in total. The van der Waals surface area contributed by atoms with E-state index >= 15 is 0 Å². The first kappa shape index (κ1) is 18.0. The van der Waals surface area contributed by atoms with Gasteiger partial charge in [0.2, 0.25) is 5.89 Å². The minimum Gasteiger partial charge on any atom is -0.497 e. The highest BCUT2D eigenvalue weighted by Crippen LogP contribution is 2.42. The number of methoxy groups -OCH3 is 2. The van der Waals surface area contributed by atoms with Crippen LogP contribution >= 0.6 is 11.3 Å². The van der Waals surface area contributed by atoms with Gasteiger partial charge >= 0.3 is 0 Å². The molecule has 2 aromatic heterocycles. The Bertz CT molecular complexity index is 894. The minimum atomic E-state index is 0.0329. The SMILES string of the molecule is COc1ccc(C2CCCN2C(C)c2nnc(-c3cccs3)o2)c(OC)c1. The van der Waals surface area contributed by atoms with Crippen molar-refractivity contribution in [2.75, 3.05) is 20.8 Å². The molecule has 1 fully saturated rings. The molecule has 1 aliphatic heterocycles. The Kier molecular flexibility index (Phi) is 5.13. The number of hydrogen-bond acceptors (Lipinski definition) is 7. The van der Waals surface area contributed by atoms with Crippen LogP contribution in [0.3, 0.4) is 0 Å². The van der Waals surface area contributed by atoms with Gasteiger partial charge in [-0.3, -0.25) is 4.90 Å². The van der Waals surface area contributed by atoms with E-state index < -0.39 is 0 Å². The molecule has 3 heterocycles. The number of rotatable bonds is 6. The zero-order valence-corrected chi connectivity index (χ0v) is 16.5. The first-order valence-corrected chi connectivity index (χ1v) is 9.94. The molecule has 0 bridgehead atoms. The van der Waals surface area contributed by atoms with Crippen molar-refractivity contribution < 1.29 is 13.9 Å². The van der Waals surface area contributed by atoms with Gasteiger partial charge in [0.25, 0.3) is 5.89 Å². The summed E-state index contributed by atoms with van der Waals surface area (Å²) in [5, 5.41) is 10.6. The van der Waals surface area contributed by atoms with Crippen LogP contribution in [0.4, 0.5) is 0 Å². The van der Waals surface area contributed by atoms with E-state index in [0.29, 0.717) is 11.8 Å². The molecule has 27 heavy (non-hydrogen) atoms. The third-order valence-electron chi connectivity index (χ3n) is 5.12. The third-order valence-corrected chi connectivity index (χ3v) is 5.98. The highest BCUT2D eigenvalue weighted by molar-refractivity contribution is 7.13. The predicted octanol–water partition coefficient (Wildman–Crippen LogP) is 4.71. The van der Waals surface area contributed by atoms with E-state index in [-0.39, 0.29) is 12.1 Å². The van der Waals surface area contributed by atoms with Crippen molar-refractivity contribution in [2.24, 2.45) is 0 Å². The average Bonchev–Trinajstić information content (AvgIpc) is 3.47. The molecule has 4 rings (SSSR count). The van der Waals surface area contributed by atoms with Crippen molar-refractivity contribution in [2.45, 2.75) is 31.8 Å². The van der Waals surface area contributed by atoms with E-state index in [4.69, 9.17) is 13.9 Å². The molecule has 0 radical (unpaired) electrons. The monoisotopic (exact) mass is 385 g/mol. The van der Waals surface area contributed by atoms with Gasteiger partial charge < -0.3 is 13.9 Å². The lowest BCUT2D eigenvalue weighted by Crippen LogP contribution is -2.27. The van der Waals surface area contributed by atoms with E-state index in [2.05, 4.69) is 28.1 Å². The Hall–Kier alpha value is -2.38. The maximum absolute atomic E-state index is 5.97. The molecule has 142 valence electrons. The zero-order valence-electron chi connectivity index (χ0n) is 15.7. The molecule has 2 atom stereocenters. The summed E-state index contributed by atoms with van der Waals surface area (Å²) >= 11 is 1.60. The summed E-state index contributed by atoms with van der Waals surface area (Å²) in [6, 6.07) is 10.3. The molecule has 0 saturated carbocycles. The summed E-state index contributed by atoms with van der Waals surface area (Å²) in [6.45, 7) is 3.11. The molecule has 3 aromatic rings. The molecule has 1 aromatic carbocycles. The summed E-state index contributed by atoms with van der Waals surface area (Å²) in [5.41, 5.74) is 1.17. The third kappa shape index (κ3) is 3.44. The molecule has 0 spiro atoms. The summed E-state index contributed by atoms with van der Waals surface area (Å²) in [7, 11) is 3.37. The van der Waals surface area contributed by atoms with Crippen LogP contribution in [0.15, 0.2) is 40.1 Å². The quantitative estimate of drug-likeness (QED) is 0.612. The second-order valence-electron chi connectivity index (χ2n) is 6.60. The maximum atomic E-state index is 5.97. The predicted molar refractivity (Wildman–Crippen MR) is 104 cm³/mol. The van der Waals surface area contributed by atoms with Crippen LogP contribution < -0.4 is 9.47 Å². The molecule has 7 heteroatoms. The lowest BCUT2D eigenvalue weighted by Gasteiger charge is -2.29. The van der Waals surface area contributed by atoms with E-state index in [1.165, 1.54) is 5.56 Å². The van der Waals surface area contributed by atoms with Crippen molar-refractivity contribution in [1.29, 1.82) is 0 Å². The van der Waals surface area contributed by atoms with Crippen LogP contribution in [0.5, 0.6) is 11.5 Å². The standard InChI is InChI=1S/C20H23N3O3S/c1-13(19-21-22-20(26-19)18-7-5-11-27-18)23-10-4-6-16(23)15-9-8-14(24-2)12-17(15)25-3/h5,7-9,11-13,16H,4,6,10H2,1-3H3. The van der Waals surface area contributed by atoms with Crippen LogP contribution in [0.2, 0.25) is 0 Å². The Morgan fingerprint density at radius 1 is 1.22 bits per heavy atom. The Labute approximate surface area is 162 Å². The lowest BCUT2D eigenvalue weighted by molar-refractivity contribution is 0.166. The Morgan fingerprint density at radius 2 is 2.11 bits per heavy atom. The van der Waals surface area contributed by atoms with Crippen molar-refractivity contribution in [3.8, 4) is 22.3 Å². The molecule has 2 unspecified atom stereocenters. The minimum absolute atomic E-state index is 0.0329. The number of hydrogen-bond donors (Lipinski definition) is 0. The first-order valence-electron chi connectivity index (χ1n) is 9.06. The van der Waals surface area contributed by atoms with Crippen LogP contribution in [0.25, 0.3) is 10.8 Å². The molecule has 6 nitrogen and oxygen atoms in total. The summed E-state index contributed by atoms with van der Waals surface area (Å²) in [6.07, 6.45) is 2.19. The average molecular weight is 385 g/mol.